The van der Waals surface area contributed by atoms with Crippen LogP contribution in [0.15, 0.2) is 35.2 Å². The van der Waals surface area contributed by atoms with Gasteiger partial charge in [0.2, 0.25) is 5.91 Å². The highest BCUT2D eigenvalue weighted by molar-refractivity contribution is 7.99. The van der Waals surface area contributed by atoms with Crippen LogP contribution in [0.3, 0.4) is 0 Å². The van der Waals surface area contributed by atoms with Crippen LogP contribution in [-0.4, -0.2) is 40.9 Å². The Morgan fingerprint density at radius 2 is 2.05 bits per heavy atom. The van der Waals surface area contributed by atoms with Crippen LogP contribution in [-0.2, 0) is 4.79 Å². The normalized spacial score (nSPS) is 19.6. The molecule has 0 aromatic heterocycles. The highest BCUT2D eigenvalue weighted by Gasteiger charge is 2.24. The number of amides is 1. The molecule has 0 radical (unpaired) electrons. The SMILES string of the molecule is O=C(CCSc1ccccc1)N1CCCCCC1CO. The van der Waals surface area contributed by atoms with Gasteiger partial charge < -0.3 is 10.0 Å². The zero-order valence-electron chi connectivity index (χ0n) is 11.8. The molecule has 0 spiro atoms. The molecule has 3 nitrogen and oxygen atoms in total. The molecule has 20 heavy (non-hydrogen) atoms. The van der Waals surface area contributed by atoms with Crippen LogP contribution in [0.4, 0.5) is 0 Å². The second-order valence-electron chi connectivity index (χ2n) is 5.18. The van der Waals surface area contributed by atoms with Crippen molar-refractivity contribution in [1.29, 1.82) is 0 Å². The van der Waals surface area contributed by atoms with E-state index in [1.165, 1.54) is 11.3 Å². The molecule has 0 aliphatic carbocycles. The molecule has 0 saturated carbocycles. The van der Waals surface area contributed by atoms with Crippen LogP contribution in [0.2, 0.25) is 0 Å². The molecule has 1 amide bonds. The van der Waals surface area contributed by atoms with Crippen molar-refractivity contribution in [3.8, 4) is 0 Å². The fraction of sp³-hybridized carbons (Fsp3) is 0.562. The number of rotatable bonds is 5. The van der Waals surface area contributed by atoms with Crippen molar-refractivity contribution in [2.45, 2.75) is 43.0 Å². The first-order valence-electron chi connectivity index (χ1n) is 7.39. The molecule has 1 aliphatic heterocycles. The molecule has 1 aromatic rings. The van der Waals surface area contributed by atoms with E-state index in [0.717, 1.165) is 31.6 Å². The molecular weight excluding hydrogens is 270 g/mol. The van der Waals surface area contributed by atoms with Gasteiger partial charge in [0.05, 0.1) is 12.6 Å². The Morgan fingerprint density at radius 1 is 1.25 bits per heavy atom. The minimum Gasteiger partial charge on any atom is -0.394 e. The predicted octanol–water partition coefficient (Wildman–Crippen LogP) is 2.93. The van der Waals surface area contributed by atoms with Crippen molar-refractivity contribution in [2.24, 2.45) is 0 Å². The minimum absolute atomic E-state index is 0.0340. The molecule has 1 aliphatic rings. The summed E-state index contributed by atoms with van der Waals surface area (Å²) in [5.74, 6) is 0.992. The van der Waals surface area contributed by atoms with E-state index in [9.17, 15) is 9.90 Å². The van der Waals surface area contributed by atoms with Crippen molar-refractivity contribution in [2.75, 3.05) is 18.9 Å². The molecule has 110 valence electrons. The first-order valence-corrected chi connectivity index (χ1v) is 8.38. The van der Waals surface area contributed by atoms with Crippen LogP contribution in [0.1, 0.15) is 32.1 Å². The molecule has 1 unspecified atom stereocenters. The lowest BCUT2D eigenvalue weighted by Crippen LogP contribution is -2.42. The average Bonchev–Trinajstić information content (AvgIpc) is 2.73. The van der Waals surface area contributed by atoms with Gasteiger partial charge in [-0.1, -0.05) is 31.0 Å². The molecule has 0 bridgehead atoms. The van der Waals surface area contributed by atoms with Gasteiger partial charge in [-0.15, -0.1) is 11.8 Å². The van der Waals surface area contributed by atoms with Crippen LogP contribution < -0.4 is 0 Å². The topological polar surface area (TPSA) is 40.5 Å². The highest BCUT2D eigenvalue weighted by Crippen LogP contribution is 2.21. The number of nitrogens with zero attached hydrogens (tertiary/aromatic N) is 1. The summed E-state index contributed by atoms with van der Waals surface area (Å²) in [5, 5.41) is 9.44. The summed E-state index contributed by atoms with van der Waals surface area (Å²) in [5.41, 5.74) is 0. The average molecular weight is 293 g/mol. The number of hydrogen-bond acceptors (Lipinski definition) is 3. The summed E-state index contributed by atoms with van der Waals surface area (Å²) in [6.07, 6.45) is 4.84. The van der Waals surface area contributed by atoms with E-state index in [2.05, 4.69) is 12.1 Å². The summed E-state index contributed by atoms with van der Waals surface area (Å²) in [6.45, 7) is 0.900. The number of carbonyl (C=O) groups is 1. The zero-order chi connectivity index (χ0) is 14.2. The third-order valence-corrected chi connectivity index (χ3v) is 4.75. The Hall–Kier alpha value is -1.00. The maximum atomic E-state index is 12.3. The summed E-state index contributed by atoms with van der Waals surface area (Å²) >= 11 is 1.72. The van der Waals surface area contributed by atoms with Gasteiger partial charge in [0.15, 0.2) is 0 Å². The molecule has 4 heteroatoms. The fourth-order valence-corrected chi connectivity index (χ4v) is 3.47. The Kier molecular flexibility index (Phi) is 6.40. The standard InChI is InChI=1S/C16H23NO2S/c18-13-14-7-3-2-6-11-17(14)16(19)10-12-20-15-8-4-1-5-9-15/h1,4-5,8-9,14,18H,2-3,6-7,10-13H2. The lowest BCUT2D eigenvalue weighted by molar-refractivity contribution is -0.133. The molecule has 1 fully saturated rings. The third-order valence-electron chi connectivity index (χ3n) is 3.74. The van der Waals surface area contributed by atoms with Gasteiger partial charge in [0.1, 0.15) is 0 Å². The second-order valence-corrected chi connectivity index (χ2v) is 6.35. The fourth-order valence-electron chi connectivity index (χ4n) is 2.61. The number of aliphatic hydroxyl groups excluding tert-OH is 1. The Morgan fingerprint density at radius 3 is 2.80 bits per heavy atom. The van der Waals surface area contributed by atoms with Gasteiger partial charge in [0, 0.05) is 23.6 Å². The van der Waals surface area contributed by atoms with Gasteiger partial charge in [0.25, 0.3) is 0 Å². The van der Waals surface area contributed by atoms with E-state index >= 15 is 0 Å². The Bertz CT molecular complexity index is 410. The Labute approximate surface area is 125 Å². The van der Waals surface area contributed by atoms with Crippen LogP contribution in [0, 0.1) is 0 Å². The number of aliphatic hydroxyl groups is 1. The predicted molar refractivity (Wildman–Crippen MR) is 82.8 cm³/mol. The molecule has 1 saturated heterocycles. The minimum atomic E-state index is 0.0340. The molecule has 2 rings (SSSR count). The van der Waals surface area contributed by atoms with E-state index < -0.39 is 0 Å². The number of thioether (sulfide) groups is 1. The summed E-state index contributed by atoms with van der Waals surface area (Å²) in [7, 11) is 0. The number of carbonyl (C=O) groups excluding carboxylic acids is 1. The van der Waals surface area contributed by atoms with E-state index in [-0.39, 0.29) is 18.6 Å². The first kappa shape index (κ1) is 15.4. The largest absolute Gasteiger partial charge is 0.394 e. The van der Waals surface area contributed by atoms with Crippen molar-refractivity contribution in [3.05, 3.63) is 30.3 Å². The third kappa shape index (κ3) is 4.53. The summed E-state index contributed by atoms with van der Waals surface area (Å²) in [4.78, 5) is 15.4. The van der Waals surface area contributed by atoms with E-state index in [1.54, 1.807) is 11.8 Å². The molecule has 1 heterocycles. The van der Waals surface area contributed by atoms with Crippen LogP contribution in [0.5, 0.6) is 0 Å². The monoisotopic (exact) mass is 293 g/mol. The van der Waals surface area contributed by atoms with Gasteiger partial charge in [-0.3, -0.25) is 4.79 Å². The number of likely N-dealkylation sites (tertiary alicyclic amines) is 1. The van der Waals surface area contributed by atoms with Crippen LogP contribution in [0.25, 0.3) is 0 Å². The quantitative estimate of drug-likeness (QED) is 0.849. The highest BCUT2D eigenvalue weighted by atomic mass is 32.2. The molecule has 1 atom stereocenters. The summed E-state index contributed by atoms with van der Waals surface area (Å²) < 4.78 is 0. The van der Waals surface area contributed by atoms with E-state index in [1.807, 2.05) is 23.1 Å². The molecular formula is C16H23NO2S. The van der Waals surface area contributed by atoms with Crippen molar-refractivity contribution in [3.63, 3.8) is 0 Å². The van der Waals surface area contributed by atoms with Gasteiger partial charge in [-0.25, -0.2) is 0 Å². The lowest BCUT2D eigenvalue weighted by Gasteiger charge is -2.28. The maximum absolute atomic E-state index is 12.3. The first-order chi connectivity index (χ1) is 9.81. The number of benzene rings is 1. The van der Waals surface area contributed by atoms with Crippen molar-refractivity contribution >= 4 is 17.7 Å². The zero-order valence-corrected chi connectivity index (χ0v) is 12.6. The second kappa shape index (κ2) is 8.32. The van der Waals surface area contributed by atoms with Crippen molar-refractivity contribution < 1.29 is 9.90 Å². The smallest absolute Gasteiger partial charge is 0.223 e. The van der Waals surface area contributed by atoms with E-state index in [0.29, 0.717) is 6.42 Å². The molecule has 1 aromatic carbocycles. The van der Waals surface area contributed by atoms with Gasteiger partial charge in [-0.2, -0.15) is 0 Å². The lowest BCUT2D eigenvalue weighted by atomic mass is 10.1. The number of hydrogen-bond donors (Lipinski definition) is 1. The van der Waals surface area contributed by atoms with Gasteiger partial charge in [-0.05, 0) is 25.0 Å². The molecule has 1 N–H and O–H groups in total. The van der Waals surface area contributed by atoms with Gasteiger partial charge >= 0.3 is 0 Å². The van der Waals surface area contributed by atoms with E-state index in [4.69, 9.17) is 0 Å². The summed E-state index contributed by atoms with van der Waals surface area (Å²) in [6, 6.07) is 10.2. The maximum Gasteiger partial charge on any atom is 0.223 e. The van der Waals surface area contributed by atoms with Crippen LogP contribution >= 0.6 is 11.8 Å². The Balaban J connectivity index is 1.80. The van der Waals surface area contributed by atoms with Crippen molar-refractivity contribution in [1.82, 2.24) is 4.90 Å².